The minimum absolute atomic E-state index is 0.212. The molecule has 2 N–H and O–H groups in total. The first-order chi connectivity index (χ1) is 19.7. The van der Waals surface area contributed by atoms with E-state index < -0.39 is 0 Å². The van der Waals surface area contributed by atoms with Crippen LogP contribution >= 0.6 is 12.2 Å². The van der Waals surface area contributed by atoms with Crippen LogP contribution in [0.5, 0.6) is 0 Å². The average Bonchev–Trinajstić information content (AvgIpc) is 3.55. The Hall–Kier alpha value is -3.63. The van der Waals surface area contributed by atoms with Gasteiger partial charge in [0, 0.05) is 83.0 Å². The van der Waals surface area contributed by atoms with Crippen LogP contribution in [0.2, 0.25) is 0 Å². The minimum atomic E-state index is 0.212. The molecule has 0 saturated carbocycles. The number of ether oxygens (including phenoxy) is 1. The normalized spacial score (nSPS) is 19.6. The zero-order chi connectivity index (χ0) is 27.1. The number of anilines is 5. The highest BCUT2D eigenvalue weighted by atomic mass is 32.1. The third-order valence-corrected chi connectivity index (χ3v) is 8.14. The molecule has 1 atom stereocenters. The zero-order valence-electron chi connectivity index (χ0n) is 22.9. The van der Waals surface area contributed by atoms with E-state index in [1.54, 1.807) is 0 Å². The van der Waals surface area contributed by atoms with Gasteiger partial charge >= 0.3 is 0 Å². The van der Waals surface area contributed by atoms with Crippen molar-refractivity contribution in [1.82, 2.24) is 15.3 Å². The predicted molar refractivity (Wildman–Crippen MR) is 167 cm³/mol. The molecule has 0 radical (unpaired) electrons. The van der Waals surface area contributed by atoms with Crippen LogP contribution in [-0.4, -0.2) is 86.7 Å². The zero-order valence-corrected chi connectivity index (χ0v) is 23.7. The molecule has 0 bridgehead atoms. The Kier molecular flexibility index (Phi) is 8.44. The largest absolute Gasteiger partial charge is 0.376 e. The topological polar surface area (TPSA) is 72.0 Å². The van der Waals surface area contributed by atoms with Gasteiger partial charge in [-0.05, 0) is 49.3 Å². The molecular formula is C30H38N8OS. The first-order valence-corrected chi connectivity index (χ1v) is 14.8. The van der Waals surface area contributed by atoms with Crippen LogP contribution in [0, 0.1) is 0 Å². The molecule has 3 aromatic rings. The molecule has 210 valence electrons. The van der Waals surface area contributed by atoms with Crippen molar-refractivity contribution >= 4 is 46.3 Å². The number of benzene rings is 2. The number of piperazine rings is 2. The molecule has 3 saturated heterocycles. The highest BCUT2D eigenvalue weighted by Crippen LogP contribution is 2.26. The van der Waals surface area contributed by atoms with Crippen molar-refractivity contribution in [2.24, 2.45) is 0 Å². The minimum Gasteiger partial charge on any atom is -0.376 e. The predicted octanol–water partition coefficient (Wildman–Crippen LogP) is 3.60. The van der Waals surface area contributed by atoms with E-state index in [1.807, 2.05) is 0 Å². The Bertz CT molecular complexity index is 1160. The van der Waals surface area contributed by atoms with Crippen molar-refractivity contribution < 1.29 is 4.74 Å². The molecule has 1 unspecified atom stereocenters. The van der Waals surface area contributed by atoms with Gasteiger partial charge in [0.15, 0.2) is 5.11 Å². The monoisotopic (exact) mass is 558 g/mol. The van der Waals surface area contributed by atoms with E-state index >= 15 is 0 Å². The van der Waals surface area contributed by atoms with Crippen LogP contribution in [0.25, 0.3) is 0 Å². The number of nitrogens with one attached hydrogen (secondary N) is 2. The van der Waals surface area contributed by atoms with Crippen molar-refractivity contribution in [2.45, 2.75) is 18.9 Å². The van der Waals surface area contributed by atoms with E-state index in [9.17, 15) is 0 Å². The fourth-order valence-corrected chi connectivity index (χ4v) is 5.80. The Balaban J connectivity index is 1.15. The van der Waals surface area contributed by atoms with Crippen LogP contribution in [0.1, 0.15) is 12.8 Å². The second-order valence-corrected chi connectivity index (χ2v) is 10.9. The molecule has 0 aliphatic carbocycles. The van der Waals surface area contributed by atoms with Gasteiger partial charge < -0.3 is 35.0 Å². The summed E-state index contributed by atoms with van der Waals surface area (Å²) in [6.07, 6.45) is 2.38. The van der Waals surface area contributed by atoms with E-state index in [1.165, 1.54) is 11.4 Å². The lowest BCUT2D eigenvalue weighted by Crippen LogP contribution is -2.48. The first kappa shape index (κ1) is 26.6. The van der Waals surface area contributed by atoms with Gasteiger partial charge in [0.25, 0.3) is 0 Å². The molecule has 2 aromatic carbocycles. The fraction of sp³-hybridized carbons (Fsp3) is 0.433. The van der Waals surface area contributed by atoms with Crippen LogP contribution in [0.15, 0.2) is 66.7 Å². The van der Waals surface area contributed by atoms with Crippen molar-refractivity contribution in [3.8, 4) is 0 Å². The van der Waals surface area contributed by atoms with Gasteiger partial charge in [-0.1, -0.05) is 36.4 Å². The van der Waals surface area contributed by atoms with Crippen molar-refractivity contribution in [2.75, 3.05) is 90.4 Å². The molecule has 9 nitrogen and oxygen atoms in total. The third-order valence-electron chi connectivity index (χ3n) is 7.89. The molecular weight excluding hydrogens is 520 g/mol. The summed E-state index contributed by atoms with van der Waals surface area (Å²) in [6.45, 7) is 8.90. The summed E-state index contributed by atoms with van der Waals surface area (Å²) in [5.74, 6) is 2.41. The van der Waals surface area contributed by atoms with Crippen molar-refractivity contribution in [1.29, 1.82) is 0 Å². The highest BCUT2D eigenvalue weighted by molar-refractivity contribution is 7.80. The quantitative estimate of drug-likeness (QED) is 0.421. The van der Waals surface area contributed by atoms with Crippen LogP contribution in [0.4, 0.5) is 29.0 Å². The number of para-hydroxylation sites is 2. The van der Waals surface area contributed by atoms with E-state index in [0.717, 1.165) is 83.4 Å². The smallest absolute Gasteiger partial charge is 0.232 e. The van der Waals surface area contributed by atoms with Crippen LogP contribution in [-0.2, 0) is 4.74 Å². The maximum Gasteiger partial charge on any atom is 0.232 e. The maximum atomic E-state index is 5.73. The van der Waals surface area contributed by atoms with Crippen molar-refractivity contribution in [3.63, 3.8) is 0 Å². The standard InChI is InChI=1S/C30H38N8OS/c40-30(31-23-26-12-7-21-39-26)34-29-32-27(37-17-13-35(14-18-37)24-8-3-1-4-9-24)22-28(33-29)38-19-15-36(16-20-38)25-10-5-2-6-11-25/h1-6,8-11,22,26H,7,12-21,23H2,(H2,31,32,33,34,40). The van der Waals surface area contributed by atoms with Gasteiger partial charge in [-0.25, -0.2) is 0 Å². The van der Waals surface area contributed by atoms with E-state index in [-0.39, 0.29) is 6.10 Å². The highest BCUT2D eigenvalue weighted by Gasteiger charge is 2.24. The summed E-state index contributed by atoms with van der Waals surface area (Å²) < 4.78 is 5.73. The maximum absolute atomic E-state index is 5.73. The van der Waals surface area contributed by atoms with Gasteiger partial charge in [0.05, 0.1) is 6.10 Å². The molecule has 10 heteroatoms. The van der Waals surface area contributed by atoms with Crippen molar-refractivity contribution in [3.05, 3.63) is 66.7 Å². The Morgan fingerprint density at radius 2 is 1.25 bits per heavy atom. The molecule has 0 spiro atoms. The van der Waals surface area contributed by atoms with Crippen LogP contribution in [0.3, 0.4) is 0 Å². The van der Waals surface area contributed by atoms with Gasteiger partial charge in [-0.15, -0.1) is 0 Å². The summed E-state index contributed by atoms with van der Waals surface area (Å²) in [7, 11) is 0. The molecule has 40 heavy (non-hydrogen) atoms. The number of thiocarbonyl (C=S) groups is 1. The Morgan fingerprint density at radius 1 is 0.750 bits per heavy atom. The summed E-state index contributed by atoms with van der Waals surface area (Å²) in [5, 5.41) is 7.09. The van der Waals surface area contributed by atoms with E-state index in [4.69, 9.17) is 26.9 Å². The lowest BCUT2D eigenvalue weighted by Gasteiger charge is -2.38. The van der Waals surface area contributed by atoms with Gasteiger partial charge in [-0.2, -0.15) is 9.97 Å². The molecule has 3 aliphatic rings. The summed E-state index contributed by atoms with van der Waals surface area (Å²) >= 11 is 5.61. The number of hydrogen-bond acceptors (Lipinski definition) is 8. The molecule has 3 aliphatic heterocycles. The first-order valence-electron chi connectivity index (χ1n) is 14.4. The summed E-state index contributed by atoms with van der Waals surface area (Å²) in [5.41, 5.74) is 2.54. The fourth-order valence-electron chi connectivity index (χ4n) is 5.62. The lowest BCUT2D eigenvalue weighted by atomic mass is 10.2. The lowest BCUT2D eigenvalue weighted by molar-refractivity contribution is 0.114. The van der Waals surface area contributed by atoms with E-state index in [2.05, 4.69) is 97.0 Å². The van der Waals surface area contributed by atoms with E-state index in [0.29, 0.717) is 17.6 Å². The molecule has 4 heterocycles. The third kappa shape index (κ3) is 6.56. The summed E-state index contributed by atoms with van der Waals surface area (Å²) in [6, 6.07) is 23.4. The van der Waals surface area contributed by atoms with Crippen LogP contribution < -0.4 is 30.2 Å². The average molecular weight is 559 g/mol. The Morgan fingerprint density at radius 3 is 1.73 bits per heavy atom. The second-order valence-electron chi connectivity index (χ2n) is 10.5. The molecule has 6 rings (SSSR count). The number of aromatic nitrogens is 2. The molecule has 0 amide bonds. The van der Waals surface area contributed by atoms with Gasteiger partial charge in [-0.3, -0.25) is 0 Å². The SMILES string of the molecule is S=C(NCC1CCCO1)Nc1nc(N2CCN(c3ccccc3)CC2)cc(N2CCN(c3ccccc3)CC2)n1. The second kappa shape index (κ2) is 12.7. The molecule has 3 fully saturated rings. The molecule has 1 aromatic heterocycles. The number of nitrogens with zero attached hydrogens (tertiary/aromatic N) is 6. The summed E-state index contributed by atoms with van der Waals surface area (Å²) in [4.78, 5) is 19.4. The van der Waals surface area contributed by atoms with Gasteiger partial charge in [0.2, 0.25) is 5.95 Å². The number of hydrogen-bond donors (Lipinski definition) is 2. The number of rotatable bonds is 7. The van der Waals surface area contributed by atoms with Gasteiger partial charge in [0.1, 0.15) is 11.6 Å². The Labute approximate surface area is 242 Å².